The van der Waals surface area contributed by atoms with Crippen molar-refractivity contribution in [2.75, 3.05) is 0 Å². The van der Waals surface area contributed by atoms with Crippen LogP contribution in [0, 0.1) is 12.7 Å². The maximum atomic E-state index is 13.7. The minimum absolute atomic E-state index is 0.426. The topological polar surface area (TPSA) is 70.2 Å². The van der Waals surface area contributed by atoms with Crippen molar-refractivity contribution in [1.82, 2.24) is 4.98 Å². The number of aliphatic carboxylic acids is 1. The molecule has 2 aromatic rings. The largest absolute Gasteiger partial charge is 0.477 e. The van der Waals surface area contributed by atoms with Crippen molar-refractivity contribution in [3.8, 4) is 0 Å². The number of nitrogens with one attached hydrogen (secondary N) is 1. The number of alkyl halides is 5. The van der Waals surface area contributed by atoms with E-state index in [2.05, 4.69) is 0 Å². The van der Waals surface area contributed by atoms with Gasteiger partial charge in [0.15, 0.2) is 0 Å². The molecule has 0 aliphatic heterocycles. The van der Waals surface area contributed by atoms with Gasteiger partial charge in [-0.1, -0.05) is 0 Å². The zero-order valence-electron chi connectivity index (χ0n) is 11.2. The molecule has 0 bridgehead atoms. The highest BCUT2D eigenvalue weighted by Crippen LogP contribution is 2.39. The summed E-state index contributed by atoms with van der Waals surface area (Å²) in [5.41, 5.74) is -6.59. The van der Waals surface area contributed by atoms with E-state index in [-0.39, 0.29) is 0 Å². The molecule has 0 aliphatic rings. The Kier molecular flexibility index (Phi) is 3.66. The number of aromatic nitrogens is 1. The Morgan fingerprint density at radius 1 is 1.13 bits per heavy atom. The second-order valence-electron chi connectivity index (χ2n) is 4.68. The lowest BCUT2D eigenvalue weighted by atomic mass is 9.96. The van der Waals surface area contributed by atoms with Gasteiger partial charge < -0.3 is 10.1 Å². The van der Waals surface area contributed by atoms with Gasteiger partial charge in [0.2, 0.25) is 0 Å². The molecule has 4 nitrogen and oxygen atoms in total. The number of rotatable bonds is 2. The summed E-state index contributed by atoms with van der Waals surface area (Å²) in [5, 5.41) is 7.48. The van der Waals surface area contributed by atoms with Gasteiger partial charge in [0, 0.05) is 10.9 Å². The van der Waals surface area contributed by atoms with Gasteiger partial charge in [-0.3, -0.25) is 4.79 Å². The highest BCUT2D eigenvalue weighted by atomic mass is 19.4. The second kappa shape index (κ2) is 5.00. The second-order valence-corrected chi connectivity index (χ2v) is 4.68. The number of aryl methyl sites for hydroxylation is 1. The van der Waals surface area contributed by atoms with Gasteiger partial charge >= 0.3 is 18.1 Å². The lowest BCUT2D eigenvalue weighted by Crippen LogP contribution is -2.34. The van der Waals surface area contributed by atoms with Crippen LogP contribution in [0.2, 0.25) is 0 Å². The molecule has 1 aromatic carbocycles. The Balaban J connectivity index is 3.07. The molecule has 0 saturated carbocycles. The summed E-state index contributed by atoms with van der Waals surface area (Å²) >= 11 is 0. The molecular formula is C13H7F6NO3. The highest BCUT2D eigenvalue weighted by Gasteiger charge is 2.46. The van der Waals surface area contributed by atoms with Crippen LogP contribution in [0.5, 0.6) is 0 Å². The molecule has 0 unspecified atom stereocenters. The Hall–Kier alpha value is -2.52. The van der Waals surface area contributed by atoms with Crippen molar-refractivity contribution in [3.05, 3.63) is 45.0 Å². The number of carbonyl (C=O) groups is 1. The molecule has 2 N–H and O–H groups in total. The molecule has 23 heavy (non-hydrogen) atoms. The van der Waals surface area contributed by atoms with Crippen LogP contribution in [-0.4, -0.2) is 16.1 Å². The van der Waals surface area contributed by atoms with Crippen LogP contribution < -0.4 is 5.56 Å². The molecule has 0 saturated heterocycles. The number of carboxylic acids is 1. The van der Waals surface area contributed by atoms with Crippen LogP contribution >= 0.6 is 0 Å². The van der Waals surface area contributed by atoms with Gasteiger partial charge in [-0.2, -0.15) is 22.0 Å². The van der Waals surface area contributed by atoms with Gasteiger partial charge in [-0.05, 0) is 24.6 Å². The fraction of sp³-hybridized carbons (Fsp3) is 0.231. The van der Waals surface area contributed by atoms with Crippen LogP contribution in [0.15, 0.2) is 16.9 Å². The first-order valence-corrected chi connectivity index (χ1v) is 5.93. The van der Waals surface area contributed by atoms with E-state index in [1.165, 1.54) is 0 Å². The van der Waals surface area contributed by atoms with Crippen molar-refractivity contribution in [1.29, 1.82) is 0 Å². The zero-order chi connectivity index (χ0) is 17.7. The highest BCUT2D eigenvalue weighted by molar-refractivity contribution is 5.89. The maximum Gasteiger partial charge on any atom is 0.419 e. The number of hydrogen-bond donors (Lipinski definition) is 2. The summed E-state index contributed by atoms with van der Waals surface area (Å²) in [7, 11) is 0. The van der Waals surface area contributed by atoms with Crippen molar-refractivity contribution >= 4 is 16.9 Å². The molecule has 0 amide bonds. The molecular weight excluding hydrogens is 332 g/mol. The average molecular weight is 339 g/mol. The normalized spacial score (nSPS) is 12.7. The first kappa shape index (κ1) is 16.8. The van der Waals surface area contributed by atoms with E-state index >= 15 is 0 Å². The number of aromatic amines is 1. The van der Waals surface area contributed by atoms with Crippen molar-refractivity contribution in [2.45, 2.75) is 19.0 Å². The predicted octanol–water partition coefficient (Wildman–Crippen LogP) is 3.17. The molecule has 0 radical (unpaired) electrons. The van der Waals surface area contributed by atoms with Gasteiger partial charge in [-0.25, -0.2) is 9.18 Å². The first-order valence-electron chi connectivity index (χ1n) is 5.93. The van der Waals surface area contributed by atoms with Gasteiger partial charge in [-0.15, -0.1) is 0 Å². The number of hydrogen-bond acceptors (Lipinski definition) is 2. The van der Waals surface area contributed by atoms with Crippen LogP contribution in [0.3, 0.4) is 0 Å². The minimum Gasteiger partial charge on any atom is -0.477 e. The quantitative estimate of drug-likeness (QED) is 0.826. The molecule has 0 atom stereocenters. The molecule has 2 rings (SSSR count). The number of benzene rings is 1. The van der Waals surface area contributed by atoms with E-state index in [9.17, 15) is 35.9 Å². The fourth-order valence-electron chi connectivity index (χ4n) is 2.31. The lowest BCUT2D eigenvalue weighted by Gasteiger charge is -2.18. The summed E-state index contributed by atoms with van der Waals surface area (Å²) in [6.07, 6.45) is -5.23. The molecule has 0 aliphatic carbocycles. The van der Waals surface area contributed by atoms with E-state index in [0.717, 1.165) is 6.07 Å². The Labute approximate surface area is 123 Å². The third kappa shape index (κ3) is 2.53. The van der Waals surface area contributed by atoms with Gasteiger partial charge in [0.1, 0.15) is 16.9 Å². The third-order valence-corrected chi connectivity index (χ3v) is 3.25. The van der Waals surface area contributed by atoms with Crippen LogP contribution in [-0.2, 0) is 16.9 Å². The number of fused-ring (bicyclic) bond motifs is 1. The van der Waals surface area contributed by atoms with E-state index in [1.54, 1.807) is 4.98 Å². The number of pyridine rings is 1. The monoisotopic (exact) mass is 339 g/mol. The maximum absolute atomic E-state index is 13.7. The van der Waals surface area contributed by atoms with E-state index in [0.29, 0.717) is 13.0 Å². The van der Waals surface area contributed by atoms with Gasteiger partial charge in [0.25, 0.3) is 5.56 Å². The van der Waals surface area contributed by atoms with Crippen LogP contribution in [0.4, 0.5) is 26.3 Å². The molecule has 0 spiro atoms. The summed E-state index contributed by atoms with van der Waals surface area (Å²) in [4.78, 5) is 24.0. The average Bonchev–Trinajstić information content (AvgIpc) is 2.37. The fourth-order valence-corrected chi connectivity index (χ4v) is 2.31. The van der Waals surface area contributed by atoms with E-state index in [1.807, 2.05) is 0 Å². The minimum atomic E-state index is -5.23. The zero-order valence-corrected chi connectivity index (χ0v) is 11.2. The Morgan fingerprint density at radius 2 is 1.70 bits per heavy atom. The predicted molar refractivity (Wildman–Crippen MR) is 65.8 cm³/mol. The number of halogens is 6. The SMILES string of the molecule is Cc1c(C(F)(F)C(=O)O)c(=O)[nH]c2ccc(F)c(C(F)(F)F)c12. The summed E-state index contributed by atoms with van der Waals surface area (Å²) in [6, 6.07) is 1.20. The molecule has 0 fully saturated rings. The molecule has 10 heteroatoms. The third-order valence-electron chi connectivity index (χ3n) is 3.25. The number of carboxylic acid groups (broad SMARTS) is 1. The molecule has 124 valence electrons. The van der Waals surface area contributed by atoms with Crippen molar-refractivity contribution in [3.63, 3.8) is 0 Å². The summed E-state index contributed by atoms with van der Waals surface area (Å²) < 4.78 is 79.9. The van der Waals surface area contributed by atoms with E-state index in [4.69, 9.17) is 5.11 Å². The van der Waals surface area contributed by atoms with Gasteiger partial charge in [0.05, 0.1) is 0 Å². The van der Waals surface area contributed by atoms with Crippen molar-refractivity contribution < 1.29 is 36.2 Å². The first-order chi connectivity index (χ1) is 10.4. The number of H-pyrrole nitrogens is 1. The summed E-state index contributed by atoms with van der Waals surface area (Å²) in [5.74, 6) is -9.18. The van der Waals surface area contributed by atoms with Crippen molar-refractivity contribution in [2.24, 2.45) is 0 Å². The summed E-state index contributed by atoms with van der Waals surface area (Å²) in [6.45, 7) is 0.707. The smallest absolute Gasteiger partial charge is 0.419 e. The molecule has 1 heterocycles. The Bertz CT molecular complexity index is 869. The molecule has 1 aromatic heterocycles. The van der Waals surface area contributed by atoms with Crippen LogP contribution in [0.25, 0.3) is 10.9 Å². The lowest BCUT2D eigenvalue weighted by molar-refractivity contribution is -0.166. The van der Waals surface area contributed by atoms with E-state index < -0.39 is 57.0 Å². The standard InChI is InChI=1S/C13H7F6NO3/c1-4-7-6(3-2-5(14)9(7)13(17,18)19)20-10(21)8(4)12(15,16)11(22)23/h2-3H,1H3,(H,20,21)(H,22,23). The van der Waals surface area contributed by atoms with Crippen LogP contribution in [0.1, 0.15) is 16.7 Å². The Morgan fingerprint density at radius 3 is 2.17 bits per heavy atom.